The molecule has 1 radical (unpaired) electrons. The SMILES string of the molecule is CCOc1ccc(-c2ccc(O)cc2CCC[Si](Cl)Cl)cc1. The van der Waals surface area contributed by atoms with Gasteiger partial charge in [-0.2, -0.15) is 0 Å². The largest absolute Gasteiger partial charge is 0.508 e. The lowest BCUT2D eigenvalue weighted by Gasteiger charge is -2.11. The predicted molar refractivity (Wildman–Crippen MR) is 95.3 cm³/mol. The molecule has 2 nitrogen and oxygen atoms in total. The van der Waals surface area contributed by atoms with Gasteiger partial charge in [-0.25, -0.2) is 0 Å². The van der Waals surface area contributed by atoms with Crippen LogP contribution in [-0.2, 0) is 6.42 Å². The standard InChI is InChI=1S/C17H19Cl2O2Si/c1-2-21-16-8-5-13(6-9-16)17-10-7-15(20)12-14(17)4-3-11-22(18)19/h5-10,12,20H,2-4,11H2,1H3. The Morgan fingerprint density at radius 2 is 1.82 bits per heavy atom. The maximum Gasteiger partial charge on any atom is 0.273 e. The number of aromatic hydroxyl groups is 1. The number of rotatable bonds is 7. The number of hydrogen-bond acceptors (Lipinski definition) is 2. The number of phenolic OH excluding ortho intramolecular Hbond substituents is 1. The summed E-state index contributed by atoms with van der Waals surface area (Å²) in [5.41, 5.74) is 3.35. The van der Waals surface area contributed by atoms with Crippen LogP contribution in [0.15, 0.2) is 42.5 Å². The molecule has 0 aromatic heterocycles. The normalized spacial score (nSPS) is 10.9. The highest BCUT2D eigenvalue weighted by Gasteiger charge is 2.09. The smallest absolute Gasteiger partial charge is 0.273 e. The summed E-state index contributed by atoms with van der Waals surface area (Å²) in [6.07, 6.45) is 1.78. The van der Waals surface area contributed by atoms with Crippen molar-refractivity contribution in [1.29, 1.82) is 0 Å². The third-order valence-electron chi connectivity index (χ3n) is 3.38. The molecule has 0 aliphatic heterocycles. The molecule has 5 heteroatoms. The minimum Gasteiger partial charge on any atom is -0.508 e. The van der Waals surface area contributed by atoms with Gasteiger partial charge < -0.3 is 9.84 Å². The number of ether oxygens (including phenoxy) is 1. The summed E-state index contributed by atoms with van der Waals surface area (Å²) in [6.45, 7) is 2.63. The number of halogens is 2. The first-order valence-electron chi connectivity index (χ1n) is 7.32. The third-order valence-corrected chi connectivity index (χ3v) is 5.24. The minimum absolute atomic E-state index is 0.284. The van der Waals surface area contributed by atoms with E-state index in [1.165, 1.54) is 0 Å². The maximum atomic E-state index is 9.74. The molecular formula is C17H19Cl2O2Si. The van der Waals surface area contributed by atoms with Crippen LogP contribution in [0, 0.1) is 0 Å². The van der Waals surface area contributed by atoms with Crippen LogP contribution in [0.5, 0.6) is 11.5 Å². The fourth-order valence-corrected chi connectivity index (χ4v) is 3.62. The molecule has 0 saturated carbocycles. The maximum absolute atomic E-state index is 9.74. The summed E-state index contributed by atoms with van der Waals surface area (Å²) in [6, 6.07) is 14.3. The highest BCUT2D eigenvalue weighted by atomic mass is 35.7. The molecule has 22 heavy (non-hydrogen) atoms. The highest BCUT2D eigenvalue weighted by molar-refractivity contribution is 7.33. The fourth-order valence-electron chi connectivity index (χ4n) is 2.38. The van der Waals surface area contributed by atoms with E-state index in [-0.39, 0.29) is 5.75 Å². The second-order valence-electron chi connectivity index (χ2n) is 4.99. The Labute approximate surface area is 142 Å². The Morgan fingerprint density at radius 3 is 2.45 bits per heavy atom. The van der Waals surface area contributed by atoms with Gasteiger partial charge in [-0.15, -0.1) is 22.2 Å². The average Bonchev–Trinajstić information content (AvgIpc) is 2.48. The van der Waals surface area contributed by atoms with Crippen LogP contribution in [0.1, 0.15) is 18.9 Å². The second kappa shape index (κ2) is 8.46. The molecule has 2 aromatic rings. The van der Waals surface area contributed by atoms with Crippen LogP contribution < -0.4 is 4.74 Å². The topological polar surface area (TPSA) is 29.5 Å². The lowest BCUT2D eigenvalue weighted by atomic mass is 9.96. The van der Waals surface area contributed by atoms with Crippen molar-refractivity contribution >= 4 is 29.6 Å². The molecule has 117 valence electrons. The average molecular weight is 354 g/mol. The van der Waals surface area contributed by atoms with Gasteiger partial charge >= 0.3 is 0 Å². The van der Waals surface area contributed by atoms with E-state index >= 15 is 0 Å². The van der Waals surface area contributed by atoms with E-state index in [9.17, 15) is 5.11 Å². The summed E-state index contributed by atoms with van der Waals surface area (Å²) >= 11 is 11.8. The van der Waals surface area contributed by atoms with E-state index in [4.69, 9.17) is 26.9 Å². The summed E-state index contributed by atoms with van der Waals surface area (Å²) in [5.74, 6) is 1.15. The molecule has 0 amide bonds. The van der Waals surface area contributed by atoms with E-state index in [1.807, 2.05) is 43.3 Å². The van der Waals surface area contributed by atoms with Gasteiger partial charge in [-0.1, -0.05) is 18.2 Å². The fraction of sp³-hybridized carbons (Fsp3) is 0.294. The lowest BCUT2D eigenvalue weighted by Crippen LogP contribution is -1.96. The van der Waals surface area contributed by atoms with Crippen LogP contribution >= 0.6 is 22.2 Å². The molecular weight excluding hydrogens is 335 g/mol. The van der Waals surface area contributed by atoms with Crippen molar-refractivity contribution in [3.05, 3.63) is 48.0 Å². The van der Waals surface area contributed by atoms with Crippen molar-refractivity contribution in [3.8, 4) is 22.6 Å². The van der Waals surface area contributed by atoms with Gasteiger partial charge in [0.1, 0.15) is 11.5 Å². The quantitative estimate of drug-likeness (QED) is 0.536. The van der Waals surface area contributed by atoms with Gasteiger partial charge in [0.25, 0.3) is 7.42 Å². The number of benzene rings is 2. The Hall–Kier alpha value is -1.16. The van der Waals surface area contributed by atoms with Crippen LogP contribution in [0.2, 0.25) is 6.04 Å². The lowest BCUT2D eigenvalue weighted by molar-refractivity contribution is 0.340. The monoisotopic (exact) mass is 353 g/mol. The third kappa shape index (κ3) is 4.94. The minimum atomic E-state index is -1.24. The first-order valence-corrected chi connectivity index (χ1v) is 11.0. The van der Waals surface area contributed by atoms with Crippen molar-refractivity contribution in [2.75, 3.05) is 6.61 Å². The molecule has 0 spiro atoms. The highest BCUT2D eigenvalue weighted by Crippen LogP contribution is 2.30. The molecule has 0 fully saturated rings. The predicted octanol–water partition coefficient (Wildman–Crippen LogP) is 5.36. The molecule has 2 rings (SSSR count). The van der Waals surface area contributed by atoms with Crippen LogP contribution in [0.4, 0.5) is 0 Å². The molecule has 0 saturated heterocycles. The van der Waals surface area contributed by atoms with Gasteiger partial charge in [-0.05, 0) is 66.8 Å². The molecule has 0 aliphatic carbocycles. The van der Waals surface area contributed by atoms with E-state index < -0.39 is 7.42 Å². The zero-order valence-corrected chi connectivity index (χ0v) is 15.0. The number of aryl methyl sites for hydroxylation is 1. The number of phenols is 1. The Bertz CT molecular complexity index is 600. The van der Waals surface area contributed by atoms with Crippen molar-refractivity contribution in [2.45, 2.75) is 25.8 Å². The molecule has 0 atom stereocenters. The van der Waals surface area contributed by atoms with Gasteiger partial charge in [0.15, 0.2) is 0 Å². The Kier molecular flexibility index (Phi) is 6.62. The van der Waals surface area contributed by atoms with Gasteiger partial charge in [0, 0.05) is 0 Å². The van der Waals surface area contributed by atoms with Crippen molar-refractivity contribution in [1.82, 2.24) is 0 Å². The van der Waals surface area contributed by atoms with Crippen molar-refractivity contribution < 1.29 is 9.84 Å². The van der Waals surface area contributed by atoms with E-state index in [0.29, 0.717) is 6.61 Å². The van der Waals surface area contributed by atoms with Crippen LogP contribution in [-0.4, -0.2) is 19.1 Å². The summed E-state index contributed by atoms with van der Waals surface area (Å²) in [4.78, 5) is 0. The van der Waals surface area contributed by atoms with E-state index in [2.05, 4.69) is 0 Å². The van der Waals surface area contributed by atoms with Gasteiger partial charge in [-0.3, -0.25) is 0 Å². The van der Waals surface area contributed by atoms with E-state index in [0.717, 1.165) is 41.3 Å². The van der Waals surface area contributed by atoms with E-state index in [1.54, 1.807) is 6.07 Å². The first kappa shape index (κ1) is 17.2. The Morgan fingerprint density at radius 1 is 1.09 bits per heavy atom. The molecule has 0 unspecified atom stereocenters. The molecule has 0 heterocycles. The Balaban J connectivity index is 2.21. The molecule has 0 aliphatic rings. The van der Waals surface area contributed by atoms with Gasteiger partial charge in [0.2, 0.25) is 0 Å². The summed E-state index contributed by atoms with van der Waals surface area (Å²) in [5, 5.41) is 9.74. The number of hydrogen-bond donors (Lipinski definition) is 1. The molecule has 0 bridgehead atoms. The molecule has 2 aromatic carbocycles. The van der Waals surface area contributed by atoms with Crippen LogP contribution in [0.25, 0.3) is 11.1 Å². The van der Waals surface area contributed by atoms with Gasteiger partial charge in [0.05, 0.1) is 6.61 Å². The zero-order valence-electron chi connectivity index (χ0n) is 12.5. The van der Waals surface area contributed by atoms with Crippen LogP contribution in [0.3, 0.4) is 0 Å². The summed E-state index contributed by atoms with van der Waals surface area (Å²) < 4.78 is 5.47. The second-order valence-corrected chi connectivity index (χ2v) is 9.49. The molecule has 1 N–H and O–H groups in total. The van der Waals surface area contributed by atoms with Crippen molar-refractivity contribution in [2.24, 2.45) is 0 Å². The zero-order chi connectivity index (χ0) is 15.9. The van der Waals surface area contributed by atoms with Crippen molar-refractivity contribution in [3.63, 3.8) is 0 Å². The summed E-state index contributed by atoms with van der Waals surface area (Å²) in [7, 11) is -1.24. The first-order chi connectivity index (χ1) is 10.6.